The van der Waals surface area contributed by atoms with Gasteiger partial charge < -0.3 is 10.5 Å². The lowest BCUT2D eigenvalue weighted by molar-refractivity contribution is 0.410. The standard InChI is InChI=1S/C8H7FN2O/c1-12-8-3-5(9)2-7(11)6(8)4-10/h2-3H,11H2,1H3. The molecule has 0 aliphatic carbocycles. The average Bonchev–Trinajstić information content (AvgIpc) is 2.03. The monoisotopic (exact) mass is 166 g/mol. The minimum absolute atomic E-state index is 0.0920. The first-order valence-corrected chi connectivity index (χ1v) is 3.22. The van der Waals surface area contributed by atoms with Crippen LogP contribution in [0.1, 0.15) is 5.56 Å². The fraction of sp³-hybridized carbons (Fsp3) is 0.125. The molecule has 12 heavy (non-hydrogen) atoms. The van der Waals surface area contributed by atoms with Crippen LogP contribution in [0, 0.1) is 17.1 Å². The van der Waals surface area contributed by atoms with Gasteiger partial charge >= 0.3 is 0 Å². The number of benzene rings is 1. The first kappa shape index (κ1) is 8.34. The molecule has 0 heterocycles. The summed E-state index contributed by atoms with van der Waals surface area (Å²) in [5.41, 5.74) is 5.62. The van der Waals surface area contributed by atoms with E-state index in [0.717, 1.165) is 12.1 Å². The number of rotatable bonds is 1. The molecule has 1 aromatic carbocycles. The normalized spacial score (nSPS) is 9.08. The van der Waals surface area contributed by atoms with E-state index >= 15 is 0 Å². The summed E-state index contributed by atoms with van der Waals surface area (Å²) in [6.45, 7) is 0. The summed E-state index contributed by atoms with van der Waals surface area (Å²) in [7, 11) is 1.36. The van der Waals surface area contributed by atoms with Gasteiger partial charge in [-0.1, -0.05) is 0 Å². The van der Waals surface area contributed by atoms with E-state index in [4.69, 9.17) is 15.7 Å². The van der Waals surface area contributed by atoms with Gasteiger partial charge in [-0.3, -0.25) is 0 Å². The second-order valence-corrected chi connectivity index (χ2v) is 2.18. The van der Waals surface area contributed by atoms with E-state index in [1.165, 1.54) is 7.11 Å². The summed E-state index contributed by atoms with van der Waals surface area (Å²) in [5, 5.41) is 8.59. The molecule has 0 amide bonds. The van der Waals surface area contributed by atoms with E-state index in [9.17, 15) is 4.39 Å². The maximum atomic E-state index is 12.7. The Balaban J connectivity index is 3.36. The molecule has 1 rings (SSSR count). The molecule has 0 radical (unpaired) electrons. The van der Waals surface area contributed by atoms with Gasteiger partial charge in [-0.25, -0.2) is 4.39 Å². The highest BCUT2D eigenvalue weighted by Gasteiger charge is 2.08. The van der Waals surface area contributed by atoms with E-state index in [0.29, 0.717) is 0 Å². The summed E-state index contributed by atoms with van der Waals surface area (Å²) in [6, 6.07) is 4.03. The van der Waals surface area contributed by atoms with Crippen molar-refractivity contribution in [3.8, 4) is 11.8 Å². The van der Waals surface area contributed by atoms with E-state index in [2.05, 4.69) is 0 Å². The molecule has 0 aliphatic rings. The topological polar surface area (TPSA) is 59.0 Å². The van der Waals surface area contributed by atoms with Crippen molar-refractivity contribution in [2.45, 2.75) is 0 Å². The lowest BCUT2D eigenvalue weighted by Crippen LogP contribution is -1.96. The quantitative estimate of drug-likeness (QED) is 0.639. The summed E-state index contributed by atoms with van der Waals surface area (Å²) < 4.78 is 17.4. The molecule has 1 aromatic rings. The van der Waals surface area contributed by atoms with Crippen molar-refractivity contribution < 1.29 is 9.13 Å². The number of hydrogen-bond donors (Lipinski definition) is 1. The van der Waals surface area contributed by atoms with Crippen molar-refractivity contribution in [1.82, 2.24) is 0 Å². The van der Waals surface area contributed by atoms with Crippen molar-refractivity contribution in [1.29, 1.82) is 5.26 Å². The van der Waals surface area contributed by atoms with Crippen LogP contribution in [0.15, 0.2) is 12.1 Å². The van der Waals surface area contributed by atoms with Crippen LogP contribution in [0.25, 0.3) is 0 Å². The van der Waals surface area contributed by atoms with Gasteiger partial charge in [0.2, 0.25) is 0 Å². The Hall–Kier alpha value is -1.76. The number of nitrogen functional groups attached to an aromatic ring is 1. The highest BCUT2D eigenvalue weighted by atomic mass is 19.1. The van der Waals surface area contributed by atoms with Gasteiger partial charge in [0, 0.05) is 6.07 Å². The Labute approximate surface area is 69.2 Å². The fourth-order valence-electron chi connectivity index (χ4n) is 0.883. The maximum Gasteiger partial charge on any atom is 0.141 e. The van der Waals surface area contributed by atoms with Crippen molar-refractivity contribution in [2.24, 2.45) is 0 Å². The van der Waals surface area contributed by atoms with Crippen molar-refractivity contribution >= 4 is 5.69 Å². The number of anilines is 1. The smallest absolute Gasteiger partial charge is 0.141 e. The van der Waals surface area contributed by atoms with Crippen LogP contribution in [-0.2, 0) is 0 Å². The van der Waals surface area contributed by atoms with Gasteiger partial charge in [0.25, 0.3) is 0 Å². The van der Waals surface area contributed by atoms with E-state index in [-0.39, 0.29) is 17.0 Å². The van der Waals surface area contributed by atoms with Crippen molar-refractivity contribution in [3.05, 3.63) is 23.5 Å². The molecule has 0 saturated carbocycles. The number of nitrogens with two attached hydrogens (primary N) is 1. The van der Waals surface area contributed by atoms with Crippen LogP contribution in [0.3, 0.4) is 0 Å². The lowest BCUT2D eigenvalue weighted by atomic mass is 10.2. The molecule has 4 heteroatoms. The lowest BCUT2D eigenvalue weighted by Gasteiger charge is -2.04. The molecule has 0 unspecified atom stereocenters. The second kappa shape index (κ2) is 3.09. The molecule has 62 valence electrons. The van der Waals surface area contributed by atoms with Crippen LogP contribution in [-0.4, -0.2) is 7.11 Å². The Morgan fingerprint density at radius 1 is 1.58 bits per heavy atom. The van der Waals surface area contributed by atoms with Gasteiger partial charge in [-0.05, 0) is 6.07 Å². The molecule has 2 N–H and O–H groups in total. The van der Waals surface area contributed by atoms with Crippen molar-refractivity contribution in [3.63, 3.8) is 0 Å². The SMILES string of the molecule is COc1cc(F)cc(N)c1C#N. The zero-order valence-corrected chi connectivity index (χ0v) is 6.47. The number of methoxy groups -OCH3 is 1. The predicted molar refractivity (Wildman–Crippen MR) is 42.1 cm³/mol. The number of hydrogen-bond acceptors (Lipinski definition) is 3. The molecule has 0 atom stereocenters. The van der Waals surface area contributed by atoms with Gasteiger partial charge in [-0.2, -0.15) is 5.26 Å². The molecular formula is C8H7FN2O. The third kappa shape index (κ3) is 1.30. The number of nitriles is 1. The molecular weight excluding hydrogens is 159 g/mol. The largest absolute Gasteiger partial charge is 0.495 e. The summed E-state index contributed by atoms with van der Waals surface area (Å²) >= 11 is 0. The minimum atomic E-state index is -0.511. The minimum Gasteiger partial charge on any atom is -0.495 e. The van der Waals surface area contributed by atoms with E-state index in [1.54, 1.807) is 0 Å². The average molecular weight is 166 g/mol. The zero-order valence-electron chi connectivity index (χ0n) is 6.47. The summed E-state index contributed by atoms with van der Waals surface area (Å²) in [4.78, 5) is 0. The van der Waals surface area contributed by atoms with Crippen LogP contribution in [0.5, 0.6) is 5.75 Å². The van der Waals surface area contributed by atoms with Crippen LogP contribution >= 0.6 is 0 Å². The van der Waals surface area contributed by atoms with Gasteiger partial charge in [0.15, 0.2) is 0 Å². The highest BCUT2D eigenvalue weighted by molar-refractivity contribution is 5.61. The van der Waals surface area contributed by atoms with Gasteiger partial charge in [-0.15, -0.1) is 0 Å². The summed E-state index contributed by atoms with van der Waals surface area (Å²) in [5.74, 6) is -0.349. The second-order valence-electron chi connectivity index (χ2n) is 2.18. The van der Waals surface area contributed by atoms with Crippen molar-refractivity contribution in [2.75, 3.05) is 12.8 Å². The first-order chi connectivity index (χ1) is 5.69. The van der Waals surface area contributed by atoms with Crippen LogP contribution in [0.4, 0.5) is 10.1 Å². The first-order valence-electron chi connectivity index (χ1n) is 3.22. The molecule has 0 aliphatic heterocycles. The molecule has 0 spiro atoms. The van der Waals surface area contributed by atoms with Crippen LogP contribution < -0.4 is 10.5 Å². The number of nitrogens with zero attached hydrogens (tertiary/aromatic N) is 1. The maximum absolute atomic E-state index is 12.7. The Morgan fingerprint density at radius 3 is 2.75 bits per heavy atom. The summed E-state index contributed by atoms with van der Waals surface area (Å²) in [6.07, 6.45) is 0. The van der Waals surface area contributed by atoms with E-state index < -0.39 is 5.82 Å². The molecule has 0 aromatic heterocycles. The third-order valence-corrected chi connectivity index (χ3v) is 1.43. The Kier molecular flexibility index (Phi) is 2.15. The predicted octanol–water partition coefficient (Wildman–Crippen LogP) is 1.29. The number of ether oxygens (including phenoxy) is 1. The Bertz CT molecular complexity index is 344. The molecule has 0 bridgehead atoms. The third-order valence-electron chi connectivity index (χ3n) is 1.43. The van der Waals surface area contributed by atoms with Gasteiger partial charge in [0.05, 0.1) is 12.8 Å². The fourth-order valence-corrected chi connectivity index (χ4v) is 0.883. The van der Waals surface area contributed by atoms with Crippen LogP contribution in [0.2, 0.25) is 0 Å². The molecule has 3 nitrogen and oxygen atoms in total. The van der Waals surface area contributed by atoms with E-state index in [1.807, 2.05) is 6.07 Å². The zero-order chi connectivity index (χ0) is 9.14. The highest BCUT2D eigenvalue weighted by Crippen LogP contribution is 2.24. The van der Waals surface area contributed by atoms with Gasteiger partial charge in [0.1, 0.15) is 23.2 Å². The number of halogens is 1. The molecule has 0 fully saturated rings. The Morgan fingerprint density at radius 2 is 2.25 bits per heavy atom. The molecule has 0 saturated heterocycles.